The molecule has 0 amide bonds. The van der Waals surface area contributed by atoms with E-state index in [0.717, 1.165) is 31.2 Å². The first-order valence-electron chi connectivity index (χ1n) is 10.2. The van der Waals surface area contributed by atoms with Crippen LogP contribution in [-0.4, -0.2) is 31.2 Å². The molecule has 1 saturated carbocycles. The maximum Gasteiger partial charge on any atom is 0.307 e. The number of nitro benzene ring substituents is 1. The van der Waals surface area contributed by atoms with E-state index < -0.39 is 10.8 Å². The molecule has 3 rings (SSSR count). The molecule has 0 spiro atoms. The lowest BCUT2D eigenvalue weighted by Gasteiger charge is -2.18. The number of hydrogen-bond acceptors (Lipinski definition) is 6. The van der Waals surface area contributed by atoms with Crippen LogP contribution in [0.2, 0.25) is 0 Å². The first-order chi connectivity index (χ1) is 15.0. The maximum absolute atomic E-state index is 12.0. The number of ether oxygens (including phenoxy) is 3. The lowest BCUT2D eigenvalue weighted by atomic mass is 9.95. The maximum atomic E-state index is 12.0. The highest BCUT2D eigenvalue weighted by Crippen LogP contribution is 2.35. The van der Waals surface area contributed by atoms with Crippen LogP contribution >= 0.6 is 0 Å². The standard InChI is InChI=1S/C24H25NO6/c1-29-22-14-11-18(15-23(22)31-21-5-3-4-6-21)19(16-24(26)30-2)10-7-17-8-12-20(13-9-17)25(27)28/h8-9,11-15,19,21H,3-6,16H2,1-2H3. The van der Waals surface area contributed by atoms with Gasteiger partial charge in [-0.3, -0.25) is 14.9 Å². The van der Waals surface area contributed by atoms with Gasteiger partial charge in [0.1, 0.15) is 0 Å². The monoisotopic (exact) mass is 423 g/mol. The molecule has 0 aliphatic heterocycles. The van der Waals surface area contributed by atoms with Crippen molar-refractivity contribution in [2.45, 2.75) is 44.1 Å². The van der Waals surface area contributed by atoms with E-state index in [1.165, 1.54) is 19.2 Å². The average Bonchev–Trinajstić information content (AvgIpc) is 3.29. The smallest absolute Gasteiger partial charge is 0.307 e. The molecule has 0 N–H and O–H groups in total. The van der Waals surface area contributed by atoms with E-state index in [9.17, 15) is 14.9 Å². The summed E-state index contributed by atoms with van der Waals surface area (Å²) in [7, 11) is 2.93. The number of nitro groups is 1. The molecule has 0 aromatic heterocycles. The summed E-state index contributed by atoms with van der Waals surface area (Å²) in [5.41, 5.74) is 1.44. The van der Waals surface area contributed by atoms with Crippen LogP contribution in [0, 0.1) is 22.0 Å². The predicted molar refractivity (Wildman–Crippen MR) is 115 cm³/mol. The minimum absolute atomic E-state index is 0.000480. The van der Waals surface area contributed by atoms with Gasteiger partial charge >= 0.3 is 5.97 Å². The Morgan fingerprint density at radius 2 is 1.84 bits per heavy atom. The fourth-order valence-corrected chi connectivity index (χ4v) is 3.53. The van der Waals surface area contributed by atoms with E-state index in [1.54, 1.807) is 19.2 Å². The van der Waals surface area contributed by atoms with Crippen LogP contribution < -0.4 is 9.47 Å². The molecule has 7 heteroatoms. The van der Waals surface area contributed by atoms with Crippen LogP contribution in [0.15, 0.2) is 42.5 Å². The molecule has 162 valence electrons. The number of carbonyl (C=O) groups excluding carboxylic acids is 1. The first-order valence-corrected chi connectivity index (χ1v) is 10.2. The fourth-order valence-electron chi connectivity index (χ4n) is 3.53. The molecule has 1 aliphatic carbocycles. The van der Waals surface area contributed by atoms with Crippen molar-refractivity contribution in [2.24, 2.45) is 0 Å². The number of benzene rings is 2. The number of non-ortho nitro benzene ring substituents is 1. The van der Waals surface area contributed by atoms with Crippen molar-refractivity contribution in [3.63, 3.8) is 0 Å². The van der Waals surface area contributed by atoms with Gasteiger partial charge in [0.2, 0.25) is 0 Å². The summed E-state index contributed by atoms with van der Waals surface area (Å²) in [5.74, 6) is 6.58. The molecule has 0 bridgehead atoms. The van der Waals surface area contributed by atoms with Crippen molar-refractivity contribution in [1.29, 1.82) is 0 Å². The van der Waals surface area contributed by atoms with Crippen LogP contribution in [0.3, 0.4) is 0 Å². The van der Waals surface area contributed by atoms with Crippen molar-refractivity contribution in [3.8, 4) is 23.3 Å². The van der Waals surface area contributed by atoms with E-state index in [1.807, 2.05) is 18.2 Å². The van der Waals surface area contributed by atoms with Crippen LogP contribution in [0.4, 0.5) is 5.69 Å². The van der Waals surface area contributed by atoms with E-state index in [0.29, 0.717) is 17.1 Å². The van der Waals surface area contributed by atoms with Crippen LogP contribution in [0.5, 0.6) is 11.5 Å². The Balaban J connectivity index is 1.89. The molecule has 0 saturated heterocycles. The quantitative estimate of drug-likeness (QED) is 0.279. The van der Waals surface area contributed by atoms with Crippen LogP contribution in [0.1, 0.15) is 49.1 Å². The highest BCUT2D eigenvalue weighted by molar-refractivity contribution is 5.71. The summed E-state index contributed by atoms with van der Waals surface area (Å²) in [5, 5.41) is 10.8. The molecule has 2 aromatic carbocycles. The second-order valence-electron chi connectivity index (χ2n) is 7.34. The molecule has 1 atom stereocenters. The van der Waals surface area contributed by atoms with Gasteiger partial charge in [-0.05, 0) is 55.5 Å². The molecule has 31 heavy (non-hydrogen) atoms. The number of methoxy groups -OCH3 is 2. The van der Waals surface area contributed by atoms with E-state index >= 15 is 0 Å². The molecular weight excluding hydrogens is 398 g/mol. The Labute approximate surface area is 181 Å². The Kier molecular flexibility index (Phi) is 7.50. The zero-order valence-corrected chi connectivity index (χ0v) is 17.6. The van der Waals surface area contributed by atoms with Gasteiger partial charge in [0, 0.05) is 17.7 Å². The summed E-state index contributed by atoms with van der Waals surface area (Å²) in [6.07, 6.45) is 4.56. The molecule has 2 aromatic rings. The van der Waals surface area contributed by atoms with E-state index in [-0.39, 0.29) is 24.2 Å². The van der Waals surface area contributed by atoms with Crippen molar-refractivity contribution < 1.29 is 23.9 Å². The zero-order chi connectivity index (χ0) is 22.2. The third-order valence-electron chi connectivity index (χ3n) is 5.25. The minimum Gasteiger partial charge on any atom is -0.493 e. The van der Waals surface area contributed by atoms with Crippen molar-refractivity contribution in [3.05, 3.63) is 63.7 Å². The number of esters is 1. The second kappa shape index (κ2) is 10.5. The number of carbonyl (C=O) groups is 1. The average molecular weight is 423 g/mol. The van der Waals surface area contributed by atoms with Crippen LogP contribution in [0.25, 0.3) is 0 Å². The highest BCUT2D eigenvalue weighted by atomic mass is 16.6. The van der Waals surface area contributed by atoms with Gasteiger partial charge in [-0.15, -0.1) is 0 Å². The normalized spacial score (nSPS) is 14.3. The predicted octanol–water partition coefficient (Wildman–Crippen LogP) is 4.62. The molecule has 0 heterocycles. The lowest BCUT2D eigenvalue weighted by Crippen LogP contribution is -2.12. The van der Waals surface area contributed by atoms with Crippen molar-refractivity contribution in [1.82, 2.24) is 0 Å². The molecule has 1 aliphatic rings. The summed E-state index contributed by atoms with van der Waals surface area (Å²) in [6.45, 7) is 0. The Bertz CT molecular complexity index is 983. The van der Waals surface area contributed by atoms with Gasteiger partial charge in [0.05, 0.1) is 37.6 Å². The summed E-state index contributed by atoms with van der Waals surface area (Å²) in [4.78, 5) is 22.4. The Hall–Kier alpha value is -3.53. The molecule has 1 unspecified atom stereocenters. The molecular formula is C24H25NO6. The van der Waals surface area contributed by atoms with Gasteiger partial charge < -0.3 is 14.2 Å². The lowest BCUT2D eigenvalue weighted by molar-refractivity contribution is -0.384. The molecule has 1 fully saturated rings. The topological polar surface area (TPSA) is 87.9 Å². The summed E-state index contributed by atoms with van der Waals surface area (Å²) in [6, 6.07) is 11.5. The first kappa shape index (κ1) is 22.2. The van der Waals surface area contributed by atoms with Crippen molar-refractivity contribution in [2.75, 3.05) is 14.2 Å². The third kappa shape index (κ3) is 5.98. The largest absolute Gasteiger partial charge is 0.493 e. The van der Waals surface area contributed by atoms with Gasteiger partial charge in [-0.25, -0.2) is 0 Å². The zero-order valence-electron chi connectivity index (χ0n) is 17.6. The van der Waals surface area contributed by atoms with Crippen molar-refractivity contribution >= 4 is 11.7 Å². The van der Waals surface area contributed by atoms with Gasteiger partial charge in [-0.2, -0.15) is 0 Å². The SMILES string of the molecule is COC(=O)CC(C#Cc1ccc([N+](=O)[O-])cc1)c1ccc(OC)c(OC2CCCC2)c1. The van der Waals surface area contributed by atoms with Gasteiger partial charge in [-0.1, -0.05) is 17.9 Å². The highest BCUT2D eigenvalue weighted by Gasteiger charge is 2.21. The van der Waals surface area contributed by atoms with Gasteiger partial charge in [0.25, 0.3) is 5.69 Å². The minimum atomic E-state index is -0.458. The molecule has 0 radical (unpaired) electrons. The number of rotatable bonds is 7. The summed E-state index contributed by atoms with van der Waals surface area (Å²) >= 11 is 0. The fraction of sp³-hybridized carbons (Fsp3) is 0.375. The van der Waals surface area contributed by atoms with Crippen LogP contribution in [-0.2, 0) is 9.53 Å². The third-order valence-corrected chi connectivity index (χ3v) is 5.25. The van der Waals surface area contributed by atoms with E-state index in [4.69, 9.17) is 14.2 Å². The van der Waals surface area contributed by atoms with Gasteiger partial charge in [0.15, 0.2) is 11.5 Å². The number of hydrogen-bond donors (Lipinski definition) is 0. The Morgan fingerprint density at radius 3 is 2.45 bits per heavy atom. The second-order valence-corrected chi connectivity index (χ2v) is 7.34. The molecule has 7 nitrogen and oxygen atoms in total. The number of nitrogens with zero attached hydrogens (tertiary/aromatic N) is 1. The summed E-state index contributed by atoms with van der Waals surface area (Å²) < 4.78 is 16.5. The van der Waals surface area contributed by atoms with E-state index in [2.05, 4.69) is 11.8 Å². The Morgan fingerprint density at radius 1 is 1.13 bits per heavy atom.